The molecule has 0 saturated carbocycles. The lowest BCUT2D eigenvalue weighted by molar-refractivity contribution is 0.629. The molecular formula is C42H28N4O2. The van der Waals surface area contributed by atoms with Gasteiger partial charge in [-0.05, 0) is 46.7 Å². The van der Waals surface area contributed by atoms with Crippen LogP contribution in [0.3, 0.4) is 0 Å². The van der Waals surface area contributed by atoms with Crippen LogP contribution in [0.15, 0.2) is 152 Å². The summed E-state index contributed by atoms with van der Waals surface area (Å²) in [6, 6.07) is 43.8. The van der Waals surface area contributed by atoms with Crippen molar-refractivity contribution < 1.29 is 8.83 Å². The van der Waals surface area contributed by atoms with Gasteiger partial charge in [0.1, 0.15) is 28.8 Å². The molecule has 0 spiro atoms. The molecule has 2 N–H and O–H groups in total. The Morgan fingerprint density at radius 2 is 1.46 bits per heavy atom. The quantitative estimate of drug-likeness (QED) is 0.205. The van der Waals surface area contributed by atoms with Crippen LogP contribution in [-0.2, 0) is 0 Å². The number of para-hydroxylation sites is 1. The van der Waals surface area contributed by atoms with Gasteiger partial charge in [-0.1, -0.05) is 109 Å². The van der Waals surface area contributed by atoms with Crippen LogP contribution >= 0.6 is 0 Å². The average Bonchev–Trinajstić information content (AvgIpc) is 3.74. The van der Waals surface area contributed by atoms with Crippen LogP contribution in [-0.4, -0.2) is 18.2 Å². The van der Waals surface area contributed by atoms with Crippen LogP contribution in [0.5, 0.6) is 0 Å². The minimum atomic E-state index is -0.427. The fraction of sp³-hybridized carbons (Fsp3) is 0.0476. The van der Waals surface area contributed by atoms with Crippen molar-refractivity contribution in [3.8, 4) is 11.1 Å². The van der Waals surface area contributed by atoms with E-state index < -0.39 is 6.17 Å². The number of rotatable bonds is 4. The van der Waals surface area contributed by atoms with Crippen molar-refractivity contribution in [2.45, 2.75) is 6.17 Å². The summed E-state index contributed by atoms with van der Waals surface area (Å²) in [5.41, 5.74) is 8.57. The van der Waals surface area contributed by atoms with Crippen molar-refractivity contribution in [2.75, 3.05) is 11.9 Å². The number of hydrogen-bond acceptors (Lipinski definition) is 6. The number of amidine groups is 2. The molecule has 0 amide bonds. The van der Waals surface area contributed by atoms with E-state index in [2.05, 4.69) is 114 Å². The van der Waals surface area contributed by atoms with Crippen molar-refractivity contribution in [2.24, 2.45) is 9.98 Å². The minimum absolute atomic E-state index is 0.427. The molecule has 6 nitrogen and oxygen atoms in total. The third-order valence-corrected chi connectivity index (χ3v) is 9.36. The summed E-state index contributed by atoms with van der Waals surface area (Å²) in [6.07, 6.45) is 3.85. The van der Waals surface area contributed by atoms with Crippen molar-refractivity contribution in [3.05, 3.63) is 156 Å². The second kappa shape index (κ2) is 10.6. The van der Waals surface area contributed by atoms with Gasteiger partial charge in [0.25, 0.3) is 0 Å². The zero-order chi connectivity index (χ0) is 31.6. The zero-order valence-corrected chi connectivity index (χ0v) is 25.8. The van der Waals surface area contributed by atoms with Crippen molar-refractivity contribution in [3.63, 3.8) is 0 Å². The topological polar surface area (TPSA) is 75.1 Å². The van der Waals surface area contributed by atoms with Crippen LogP contribution in [0.1, 0.15) is 28.4 Å². The molecule has 1 unspecified atom stereocenters. The highest BCUT2D eigenvalue weighted by Gasteiger charge is 2.28. The molecule has 10 rings (SSSR count). The van der Waals surface area contributed by atoms with E-state index in [0.717, 1.165) is 83.4 Å². The van der Waals surface area contributed by atoms with Gasteiger partial charge >= 0.3 is 0 Å². The van der Waals surface area contributed by atoms with Crippen molar-refractivity contribution >= 4 is 67.3 Å². The van der Waals surface area contributed by atoms with Gasteiger partial charge in [0.2, 0.25) is 5.88 Å². The second-order valence-corrected chi connectivity index (χ2v) is 12.2. The monoisotopic (exact) mass is 620 g/mol. The molecule has 1 atom stereocenters. The molecule has 8 aromatic rings. The van der Waals surface area contributed by atoms with Gasteiger partial charge in [-0.3, -0.25) is 0 Å². The Hall–Kier alpha value is -6.40. The first kappa shape index (κ1) is 26.8. The summed E-state index contributed by atoms with van der Waals surface area (Å²) in [5, 5.41) is 12.6. The van der Waals surface area contributed by atoms with E-state index in [1.807, 2.05) is 36.4 Å². The highest BCUT2D eigenvalue weighted by atomic mass is 16.4. The van der Waals surface area contributed by atoms with E-state index in [-0.39, 0.29) is 0 Å². The van der Waals surface area contributed by atoms with Gasteiger partial charge < -0.3 is 19.5 Å². The van der Waals surface area contributed by atoms with Gasteiger partial charge in [-0.25, -0.2) is 9.98 Å². The molecule has 48 heavy (non-hydrogen) atoms. The maximum atomic E-state index is 6.59. The number of anilines is 1. The lowest BCUT2D eigenvalue weighted by atomic mass is 9.96. The Labute approximate surface area is 275 Å². The van der Waals surface area contributed by atoms with Gasteiger partial charge in [-0.2, -0.15) is 0 Å². The molecule has 2 aliphatic rings. The standard InChI is InChI=1S/C42H28N4O2/c1-2-11-26(12-3-1)29-21-22-32(37-33-16-9-23-43-42(33)48-38(29)37)41-45-39(28-20-19-25-10-4-5-13-27(25)24-28)44-40(46-41)31-15-8-18-35-36(31)30-14-6-7-17-34(30)47-35/h1-22,24,40,43H,23H2,(H,44,45,46). The molecule has 2 aromatic heterocycles. The SMILES string of the molecule is C1=Cc2c(oc3c(-c4ccccc4)ccc(C4=NC(c5ccc6ccccc6c5)=NC(c5cccc6oc7ccccc7c56)N4)c23)NC1. The zero-order valence-electron chi connectivity index (χ0n) is 25.8. The molecule has 6 aromatic carbocycles. The van der Waals surface area contributed by atoms with Crippen molar-refractivity contribution in [1.82, 2.24) is 5.32 Å². The number of nitrogens with one attached hydrogen (secondary N) is 2. The smallest absolute Gasteiger partial charge is 0.201 e. The van der Waals surface area contributed by atoms with E-state index in [0.29, 0.717) is 12.4 Å². The van der Waals surface area contributed by atoms with Crippen LogP contribution in [0.25, 0.3) is 60.9 Å². The van der Waals surface area contributed by atoms with E-state index in [1.165, 1.54) is 5.39 Å². The maximum Gasteiger partial charge on any atom is 0.201 e. The average molecular weight is 621 g/mol. The number of benzene rings is 6. The first-order chi connectivity index (χ1) is 23.8. The highest BCUT2D eigenvalue weighted by Crippen LogP contribution is 2.42. The van der Waals surface area contributed by atoms with E-state index >= 15 is 0 Å². The Balaban J connectivity index is 1.21. The van der Waals surface area contributed by atoms with Gasteiger partial charge in [0.05, 0.1) is 0 Å². The molecule has 0 radical (unpaired) electrons. The molecule has 4 heterocycles. The summed E-state index contributed by atoms with van der Waals surface area (Å²) in [5.74, 6) is 2.16. The summed E-state index contributed by atoms with van der Waals surface area (Å²) >= 11 is 0. The normalized spacial score (nSPS) is 15.7. The fourth-order valence-electron chi connectivity index (χ4n) is 7.12. The summed E-state index contributed by atoms with van der Waals surface area (Å²) < 4.78 is 12.9. The number of nitrogens with zero attached hydrogens (tertiary/aromatic N) is 2. The summed E-state index contributed by atoms with van der Waals surface area (Å²) in [7, 11) is 0. The first-order valence-corrected chi connectivity index (χ1v) is 16.2. The predicted octanol–water partition coefficient (Wildman–Crippen LogP) is 10.1. The fourth-order valence-corrected chi connectivity index (χ4v) is 7.12. The molecule has 0 saturated heterocycles. The Bertz CT molecular complexity index is 2660. The minimum Gasteiger partial charge on any atom is -0.456 e. The molecule has 6 heteroatoms. The third-order valence-electron chi connectivity index (χ3n) is 9.36. The van der Waals surface area contributed by atoms with E-state index in [9.17, 15) is 0 Å². The van der Waals surface area contributed by atoms with Crippen LogP contribution in [0, 0.1) is 0 Å². The number of furan rings is 2. The van der Waals surface area contributed by atoms with Crippen LogP contribution < -0.4 is 10.6 Å². The summed E-state index contributed by atoms with van der Waals surface area (Å²) in [4.78, 5) is 10.6. The lowest BCUT2D eigenvalue weighted by Crippen LogP contribution is -2.33. The molecule has 2 aliphatic heterocycles. The largest absolute Gasteiger partial charge is 0.456 e. The molecule has 0 fully saturated rings. The van der Waals surface area contributed by atoms with Gasteiger partial charge in [-0.15, -0.1) is 0 Å². The number of aliphatic imine (C=N–C) groups is 2. The Kier molecular flexibility index (Phi) is 5.90. The third kappa shape index (κ3) is 4.19. The predicted molar refractivity (Wildman–Crippen MR) is 196 cm³/mol. The Morgan fingerprint density at radius 3 is 2.40 bits per heavy atom. The van der Waals surface area contributed by atoms with Crippen LogP contribution in [0.4, 0.5) is 5.88 Å². The first-order valence-electron chi connectivity index (χ1n) is 16.2. The lowest BCUT2D eigenvalue weighted by Gasteiger charge is -2.25. The number of hydrogen-bond donors (Lipinski definition) is 2. The highest BCUT2D eigenvalue weighted by molar-refractivity contribution is 6.21. The van der Waals surface area contributed by atoms with E-state index in [1.54, 1.807) is 0 Å². The van der Waals surface area contributed by atoms with Crippen LogP contribution in [0.2, 0.25) is 0 Å². The van der Waals surface area contributed by atoms with Gasteiger partial charge in [0.15, 0.2) is 5.84 Å². The second-order valence-electron chi connectivity index (χ2n) is 12.2. The number of fused-ring (bicyclic) bond motifs is 7. The molecule has 228 valence electrons. The summed E-state index contributed by atoms with van der Waals surface area (Å²) in [6.45, 7) is 0.714. The van der Waals surface area contributed by atoms with Crippen molar-refractivity contribution in [1.29, 1.82) is 0 Å². The maximum absolute atomic E-state index is 6.59. The molecular weight excluding hydrogens is 592 g/mol. The Morgan fingerprint density at radius 1 is 0.646 bits per heavy atom. The van der Waals surface area contributed by atoms with Gasteiger partial charge in [0, 0.05) is 50.5 Å². The molecule has 0 bridgehead atoms. The molecule has 0 aliphatic carbocycles. The van der Waals surface area contributed by atoms with E-state index in [4.69, 9.17) is 18.8 Å².